The Balaban J connectivity index is 1.59. The number of nitrogens with zero attached hydrogens (tertiary/aromatic N) is 6. The van der Waals surface area contributed by atoms with Gasteiger partial charge in [0.05, 0.1) is 30.2 Å². The third-order valence-corrected chi connectivity index (χ3v) is 7.47. The predicted molar refractivity (Wildman–Crippen MR) is 153 cm³/mol. The molecule has 3 aromatic rings. The molecule has 0 aliphatic carbocycles. The van der Waals surface area contributed by atoms with Gasteiger partial charge in [-0.25, -0.2) is 9.37 Å². The molecule has 12 nitrogen and oxygen atoms in total. The zero-order valence-electron chi connectivity index (χ0n) is 22.6. The van der Waals surface area contributed by atoms with Crippen molar-refractivity contribution >= 4 is 46.1 Å². The molecule has 41 heavy (non-hydrogen) atoms. The highest BCUT2D eigenvalue weighted by molar-refractivity contribution is 6.33. The molecule has 2 aromatic heterocycles. The number of halogens is 2. The third kappa shape index (κ3) is 5.60. The van der Waals surface area contributed by atoms with Crippen LogP contribution in [-0.4, -0.2) is 103 Å². The Morgan fingerprint density at radius 3 is 2.73 bits per heavy atom. The second-order valence-electron chi connectivity index (χ2n) is 9.83. The number of benzene rings is 1. The molecule has 2 aliphatic rings. The average molecular weight is 585 g/mol. The molecule has 14 heteroatoms. The molecule has 2 aliphatic heterocycles. The Morgan fingerprint density at radius 1 is 1.29 bits per heavy atom. The second kappa shape index (κ2) is 11.8. The summed E-state index contributed by atoms with van der Waals surface area (Å²) < 4.78 is 32.4. The second-order valence-corrected chi connectivity index (χ2v) is 10.2. The fourth-order valence-corrected chi connectivity index (χ4v) is 5.06. The lowest BCUT2D eigenvalue weighted by Crippen LogP contribution is -2.48. The van der Waals surface area contributed by atoms with Gasteiger partial charge in [0.1, 0.15) is 28.3 Å². The third-order valence-electron chi connectivity index (χ3n) is 7.12. The summed E-state index contributed by atoms with van der Waals surface area (Å²) in [4.78, 5) is 31.7. The Labute approximate surface area is 241 Å². The zero-order valence-corrected chi connectivity index (χ0v) is 23.4. The molecule has 1 amide bonds. The van der Waals surface area contributed by atoms with Crippen molar-refractivity contribution in [2.24, 2.45) is 0 Å². The van der Waals surface area contributed by atoms with Gasteiger partial charge < -0.3 is 40.1 Å². The van der Waals surface area contributed by atoms with Crippen LogP contribution in [0.4, 0.5) is 15.9 Å². The molecule has 2 fully saturated rings. The molecule has 1 unspecified atom stereocenters. The van der Waals surface area contributed by atoms with Gasteiger partial charge in [-0.05, 0) is 32.3 Å². The van der Waals surface area contributed by atoms with E-state index in [1.807, 2.05) is 23.9 Å². The Hall–Kier alpha value is -4.07. The van der Waals surface area contributed by atoms with E-state index in [0.717, 1.165) is 12.3 Å². The van der Waals surface area contributed by atoms with E-state index < -0.39 is 5.82 Å². The number of piperazine rings is 1. The van der Waals surface area contributed by atoms with Crippen LogP contribution in [0.1, 0.15) is 5.56 Å². The number of aromatic nitrogens is 3. The van der Waals surface area contributed by atoms with Crippen LogP contribution >= 0.6 is 11.6 Å². The number of nitrogens with one attached hydrogen (secondary N) is 1. The first kappa shape index (κ1) is 28.5. The van der Waals surface area contributed by atoms with Crippen LogP contribution in [0.5, 0.6) is 17.6 Å². The summed E-state index contributed by atoms with van der Waals surface area (Å²) in [6, 6.07) is 2.83. The smallest absolute Gasteiger partial charge is 0.319 e. The maximum Gasteiger partial charge on any atom is 0.319 e. The number of pyridine rings is 1. The van der Waals surface area contributed by atoms with E-state index in [4.69, 9.17) is 41.9 Å². The molecular weight excluding hydrogens is 555 g/mol. The van der Waals surface area contributed by atoms with Crippen LogP contribution in [0.2, 0.25) is 5.02 Å². The summed E-state index contributed by atoms with van der Waals surface area (Å²) in [5.41, 5.74) is 6.30. The van der Waals surface area contributed by atoms with Crippen molar-refractivity contribution in [1.29, 1.82) is 5.41 Å². The lowest BCUT2D eigenvalue weighted by atomic mass is 10.1. The van der Waals surface area contributed by atoms with E-state index in [2.05, 4.69) is 16.5 Å². The molecule has 0 radical (unpaired) electrons. The first-order valence-corrected chi connectivity index (χ1v) is 13.3. The molecule has 1 aromatic carbocycles. The van der Waals surface area contributed by atoms with Gasteiger partial charge >= 0.3 is 6.01 Å². The molecule has 4 heterocycles. The highest BCUT2D eigenvalue weighted by Crippen LogP contribution is 2.40. The van der Waals surface area contributed by atoms with E-state index in [-0.39, 0.29) is 57.5 Å². The van der Waals surface area contributed by atoms with Crippen LogP contribution in [0.15, 0.2) is 31.0 Å². The molecule has 0 bridgehead atoms. The average Bonchev–Trinajstić information content (AvgIpc) is 3.44. The lowest BCUT2D eigenvalue weighted by molar-refractivity contribution is -0.126. The highest BCUT2D eigenvalue weighted by Gasteiger charge is 2.33. The Morgan fingerprint density at radius 2 is 2.05 bits per heavy atom. The van der Waals surface area contributed by atoms with Crippen molar-refractivity contribution in [2.45, 2.75) is 12.1 Å². The van der Waals surface area contributed by atoms with E-state index in [1.54, 1.807) is 11.0 Å². The molecule has 2 atom stereocenters. The summed E-state index contributed by atoms with van der Waals surface area (Å²) in [5, 5.41) is 8.02. The summed E-state index contributed by atoms with van der Waals surface area (Å²) in [5.74, 6) is -0.536. The van der Waals surface area contributed by atoms with Crippen molar-refractivity contribution in [3.05, 3.63) is 47.4 Å². The number of nitrogen functional groups attached to an aromatic ring is 1. The van der Waals surface area contributed by atoms with Gasteiger partial charge in [-0.1, -0.05) is 18.2 Å². The number of ether oxygens (including phenoxy) is 3. The Bertz CT molecular complexity index is 1500. The van der Waals surface area contributed by atoms with Crippen molar-refractivity contribution in [3.8, 4) is 17.6 Å². The van der Waals surface area contributed by atoms with Gasteiger partial charge in [0.25, 0.3) is 0 Å². The molecule has 0 spiro atoms. The van der Waals surface area contributed by atoms with Crippen LogP contribution in [0, 0.1) is 11.2 Å². The van der Waals surface area contributed by atoms with Crippen molar-refractivity contribution in [1.82, 2.24) is 24.8 Å². The minimum Gasteiger partial charge on any atom is -0.456 e. The van der Waals surface area contributed by atoms with Gasteiger partial charge in [0, 0.05) is 44.3 Å². The van der Waals surface area contributed by atoms with Crippen molar-refractivity contribution < 1.29 is 23.4 Å². The minimum atomic E-state index is -0.799. The topological polar surface area (TPSA) is 143 Å². The monoisotopic (exact) mass is 584 g/mol. The number of hydrogen-bond acceptors (Lipinski definition) is 11. The van der Waals surface area contributed by atoms with Crippen molar-refractivity contribution in [2.75, 3.05) is 64.1 Å². The predicted octanol–water partition coefficient (Wildman–Crippen LogP) is 2.73. The number of carbonyl (C=O) groups excluding carboxylic acids is 1. The van der Waals surface area contributed by atoms with Crippen LogP contribution < -0.4 is 20.1 Å². The summed E-state index contributed by atoms with van der Waals surface area (Å²) in [6.45, 7) is 6.38. The normalized spacial score (nSPS) is 19.0. The number of amides is 1. The molecular formula is C27H30ClFN8O4. The van der Waals surface area contributed by atoms with Gasteiger partial charge in [-0.2, -0.15) is 9.97 Å². The standard InChI is InChI=1S/C27H30ClFN8O4/c1-4-21(38)36-7-9-37(10-8-36)25-15-5-6-32-26(41-24-16(12-30)18(31)11-17(29)22(24)28)23(15)33-27(34-25)40-20-14-39-13-19(20)35(2)3/h4-6,11-12,19-20,30H,1,7-10,13-14,31H2,2-3H3/t19?,20-/m1/s1. The molecule has 3 N–H and O–H groups in total. The fourth-order valence-electron chi connectivity index (χ4n) is 4.86. The van der Waals surface area contributed by atoms with E-state index in [9.17, 15) is 9.18 Å². The number of likely N-dealkylation sites (N-methyl/N-ethyl adjacent to an activating group) is 1. The van der Waals surface area contributed by atoms with E-state index in [0.29, 0.717) is 50.6 Å². The number of fused-ring (bicyclic) bond motifs is 1. The summed E-state index contributed by atoms with van der Waals surface area (Å²) in [7, 11) is 3.88. The van der Waals surface area contributed by atoms with E-state index >= 15 is 0 Å². The van der Waals surface area contributed by atoms with Crippen LogP contribution in [-0.2, 0) is 9.53 Å². The van der Waals surface area contributed by atoms with Crippen LogP contribution in [0.3, 0.4) is 0 Å². The first-order valence-electron chi connectivity index (χ1n) is 12.9. The van der Waals surface area contributed by atoms with E-state index in [1.165, 1.54) is 12.3 Å². The maximum atomic E-state index is 14.5. The number of carbonyl (C=O) groups is 1. The lowest BCUT2D eigenvalue weighted by Gasteiger charge is -2.35. The number of hydrogen-bond donors (Lipinski definition) is 2. The first-order chi connectivity index (χ1) is 19.7. The highest BCUT2D eigenvalue weighted by atomic mass is 35.5. The van der Waals surface area contributed by atoms with Gasteiger partial charge in [0.2, 0.25) is 11.8 Å². The van der Waals surface area contributed by atoms with Gasteiger partial charge in [0.15, 0.2) is 5.75 Å². The molecule has 0 saturated carbocycles. The molecule has 2 saturated heterocycles. The van der Waals surface area contributed by atoms with Crippen LogP contribution in [0.25, 0.3) is 10.9 Å². The number of anilines is 2. The quantitative estimate of drug-likeness (QED) is 0.230. The number of rotatable bonds is 8. The molecule has 216 valence electrons. The largest absolute Gasteiger partial charge is 0.456 e. The Kier molecular flexibility index (Phi) is 8.20. The fraction of sp³-hybridized carbons (Fsp3) is 0.370. The van der Waals surface area contributed by atoms with Gasteiger partial charge in [-0.15, -0.1) is 0 Å². The summed E-state index contributed by atoms with van der Waals surface area (Å²) in [6.07, 6.45) is 3.41. The molecule has 5 rings (SSSR count). The maximum absolute atomic E-state index is 14.5. The van der Waals surface area contributed by atoms with Crippen molar-refractivity contribution in [3.63, 3.8) is 0 Å². The number of nitrogens with two attached hydrogens (primary N) is 1. The minimum absolute atomic E-state index is 0.00157. The van der Waals surface area contributed by atoms with Gasteiger partial charge in [-0.3, -0.25) is 4.79 Å². The summed E-state index contributed by atoms with van der Waals surface area (Å²) >= 11 is 6.23. The zero-order chi connectivity index (χ0) is 29.3. The SMILES string of the molecule is C=CC(=O)N1CCN(c2nc(O[C@@H]3COCC3N(C)C)nc3c(Oc4c(Cl)c(F)cc(N)c4C=N)nccc23)CC1.